The maximum atomic E-state index is 11.6. The molecule has 0 fully saturated rings. The van der Waals surface area contributed by atoms with Crippen LogP contribution in [-0.2, 0) is 9.59 Å². The highest BCUT2D eigenvalue weighted by molar-refractivity contribution is 5.82. The second kappa shape index (κ2) is 8.06. The van der Waals surface area contributed by atoms with Crippen LogP contribution in [0.4, 0.5) is 0 Å². The van der Waals surface area contributed by atoms with Crippen LogP contribution in [-0.4, -0.2) is 30.9 Å². The van der Waals surface area contributed by atoms with E-state index in [9.17, 15) is 9.59 Å². The maximum Gasteiger partial charge on any atom is 0.237 e. The van der Waals surface area contributed by atoms with Gasteiger partial charge < -0.3 is 16.4 Å². The van der Waals surface area contributed by atoms with Gasteiger partial charge in [0.15, 0.2) is 0 Å². The Balaban J connectivity index is 3.75. The van der Waals surface area contributed by atoms with Gasteiger partial charge in [0.05, 0.1) is 6.04 Å². The molecule has 0 aliphatic rings. The molecular weight excluding hydrogens is 218 g/mol. The molecule has 0 aromatic carbocycles. The molecule has 5 heteroatoms. The number of hydrogen-bond acceptors (Lipinski definition) is 3. The van der Waals surface area contributed by atoms with Crippen molar-refractivity contribution in [2.45, 2.75) is 40.2 Å². The normalized spacial score (nSPS) is 14.2. The van der Waals surface area contributed by atoms with Gasteiger partial charge in [0.25, 0.3) is 0 Å². The first-order valence-corrected chi connectivity index (χ1v) is 6.21. The summed E-state index contributed by atoms with van der Waals surface area (Å²) < 4.78 is 0. The Labute approximate surface area is 104 Å². The Kier molecular flexibility index (Phi) is 7.54. The Morgan fingerprint density at radius 2 is 1.53 bits per heavy atom. The van der Waals surface area contributed by atoms with Gasteiger partial charge in [0, 0.05) is 19.0 Å². The van der Waals surface area contributed by atoms with Crippen molar-refractivity contribution in [2.24, 2.45) is 17.6 Å². The van der Waals surface area contributed by atoms with E-state index in [0.717, 1.165) is 6.42 Å². The van der Waals surface area contributed by atoms with Crippen LogP contribution >= 0.6 is 0 Å². The van der Waals surface area contributed by atoms with Crippen LogP contribution in [0.15, 0.2) is 0 Å². The smallest absolute Gasteiger partial charge is 0.237 e. The van der Waals surface area contributed by atoms with Crippen molar-refractivity contribution in [3.63, 3.8) is 0 Å². The summed E-state index contributed by atoms with van der Waals surface area (Å²) in [5.74, 6) is -0.0306. The Bertz CT molecular complexity index is 254. The molecule has 0 aromatic rings. The van der Waals surface area contributed by atoms with Gasteiger partial charge in [-0.15, -0.1) is 0 Å². The molecule has 0 aromatic heterocycles. The summed E-state index contributed by atoms with van der Waals surface area (Å²) >= 11 is 0. The topological polar surface area (TPSA) is 84.2 Å². The molecule has 0 saturated carbocycles. The standard InChI is InChI=1S/C12H25N3O2/c1-5-9(4)10(13)12(17)15-7-6-14-11(16)8(2)3/h8-10H,5-7,13H2,1-4H3,(H,14,16)(H,15,17). The van der Waals surface area contributed by atoms with E-state index in [2.05, 4.69) is 10.6 Å². The molecule has 0 saturated heterocycles. The first-order valence-electron chi connectivity index (χ1n) is 6.21. The van der Waals surface area contributed by atoms with Crippen molar-refractivity contribution in [3.8, 4) is 0 Å². The van der Waals surface area contributed by atoms with Gasteiger partial charge in [0.1, 0.15) is 0 Å². The third-order valence-electron chi connectivity index (χ3n) is 2.81. The van der Waals surface area contributed by atoms with Crippen LogP contribution in [0.25, 0.3) is 0 Å². The predicted molar refractivity (Wildman–Crippen MR) is 68.3 cm³/mol. The Morgan fingerprint density at radius 1 is 1.06 bits per heavy atom. The summed E-state index contributed by atoms with van der Waals surface area (Å²) in [7, 11) is 0. The summed E-state index contributed by atoms with van der Waals surface area (Å²) in [6.45, 7) is 8.46. The van der Waals surface area contributed by atoms with Crippen LogP contribution in [0.2, 0.25) is 0 Å². The van der Waals surface area contributed by atoms with E-state index < -0.39 is 6.04 Å². The number of carbonyl (C=O) groups is 2. The zero-order chi connectivity index (χ0) is 13.4. The number of nitrogens with one attached hydrogen (secondary N) is 2. The van der Waals surface area contributed by atoms with Crippen LogP contribution in [0.5, 0.6) is 0 Å². The highest BCUT2D eigenvalue weighted by Crippen LogP contribution is 2.04. The lowest BCUT2D eigenvalue weighted by Gasteiger charge is -2.17. The summed E-state index contributed by atoms with van der Waals surface area (Å²) in [4.78, 5) is 22.8. The largest absolute Gasteiger partial charge is 0.354 e. The molecule has 0 bridgehead atoms. The van der Waals surface area contributed by atoms with E-state index in [-0.39, 0.29) is 23.7 Å². The molecule has 0 spiro atoms. The van der Waals surface area contributed by atoms with E-state index in [1.54, 1.807) is 0 Å². The first kappa shape index (κ1) is 15.9. The molecule has 100 valence electrons. The predicted octanol–water partition coefficient (Wildman–Crippen LogP) is 0.248. The molecule has 0 heterocycles. The van der Waals surface area contributed by atoms with Gasteiger partial charge in [-0.1, -0.05) is 34.1 Å². The van der Waals surface area contributed by atoms with Crippen LogP contribution < -0.4 is 16.4 Å². The number of hydrogen-bond donors (Lipinski definition) is 3. The summed E-state index contributed by atoms with van der Waals surface area (Å²) in [6.07, 6.45) is 0.874. The zero-order valence-corrected chi connectivity index (χ0v) is 11.2. The third-order valence-corrected chi connectivity index (χ3v) is 2.81. The van der Waals surface area contributed by atoms with Gasteiger partial charge in [-0.3, -0.25) is 9.59 Å². The monoisotopic (exact) mass is 243 g/mol. The quantitative estimate of drug-likeness (QED) is 0.560. The molecule has 0 rings (SSSR count). The van der Waals surface area contributed by atoms with Gasteiger partial charge >= 0.3 is 0 Å². The molecule has 4 N–H and O–H groups in total. The molecule has 0 aliphatic heterocycles. The number of amides is 2. The molecule has 5 nitrogen and oxygen atoms in total. The average molecular weight is 243 g/mol. The van der Waals surface area contributed by atoms with E-state index in [1.807, 2.05) is 27.7 Å². The van der Waals surface area contributed by atoms with E-state index in [1.165, 1.54) is 0 Å². The van der Waals surface area contributed by atoms with Crippen molar-refractivity contribution in [1.82, 2.24) is 10.6 Å². The molecule has 0 radical (unpaired) electrons. The molecular formula is C12H25N3O2. The van der Waals surface area contributed by atoms with E-state index in [4.69, 9.17) is 5.73 Å². The molecule has 2 atom stereocenters. The van der Waals surface area contributed by atoms with Crippen molar-refractivity contribution in [1.29, 1.82) is 0 Å². The summed E-state index contributed by atoms with van der Waals surface area (Å²) in [5, 5.41) is 5.44. The number of carbonyl (C=O) groups excluding carboxylic acids is 2. The SMILES string of the molecule is CCC(C)C(N)C(=O)NCCNC(=O)C(C)C. The van der Waals surface area contributed by atoms with Crippen LogP contribution in [0, 0.1) is 11.8 Å². The van der Waals surface area contributed by atoms with Crippen molar-refractivity contribution in [3.05, 3.63) is 0 Å². The molecule has 0 aliphatic carbocycles. The Morgan fingerprint density at radius 3 is 1.94 bits per heavy atom. The van der Waals surface area contributed by atoms with Crippen LogP contribution in [0.1, 0.15) is 34.1 Å². The first-order chi connectivity index (χ1) is 7.90. The van der Waals surface area contributed by atoms with Gasteiger partial charge in [-0.25, -0.2) is 0 Å². The van der Waals surface area contributed by atoms with Gasteiger partial charge in [-0.05, 0) is 5.92 Å². The van der Waals surface area contributed by atoms with Gasteiger partial charge in [0.2, 0.25) is 11.8 Å². The third kappa shape index (κ3) is 6.26. The van der Waals surface area contributed by atoms with Crippen molar-refractivity contribution >= 4 is 11.8 Å². The summed E-state index contributed by atoms with van der Waals surface area (Å²) in [5.41, 5.74) is 5.76. The highest BCUT2D eigenvalue weighted by Gasteiger charge is 2.18. The minimum absolute atomic E-state index is 0.00882. The number of nitrogens with two attached hydrogens (primary N) is 1. The van der Waals surface area contributed by atoms with Crippen LogP contribution in [0.3, 0.4) is 0 Å². The molecule has 2 unspecified atom stereocenters. The highest BCUT2D eigenvalue weighted by atomic mass is 16.2. The zero-order valence-electron chi connectivity index (χ0n) is 11.2. The Hall–Kier alpha value is -1.10. The lowest BCUT2D eigenvalue weighted by molar-refractivity contribution is -0.125. The van der Waals surface area contributed by atoms with Crippen molar-refractivity contribution in [2.75, 3.05) is 13.1 Å². The second-order valence-electron chi connectivity index (χ2n) is 4.65. The fraction of sp³-hybridized carbons (Fsp3) is 0.833. The minimum atomic E-state index is -0.471. The van der Waals surface area contributed by atoms with E-state index >= 15 is 0 Å². The lowest BCUT2D eigenvalue weighted by Crippen LogP contribution is -2.46. The lowest BCUT2D eigenvalue weighted by atomic mass is 9.99. The average Bonchev–Trinajstić information content (AvgIpc) is 2.31. The summed E-state index contributed by atoms with van der Waals surface area (Å²) in [6, 6.07) is -0.471. The molecule has 17 heavy (non-hydrogen) atoms. The second-order valence-corrected chi connectivity index (χ2v) is 4.65. The number of rotatable bonds is 7. The minimum Gasteiger partial charge on any atom is -0.354 e. The van der Waals surface area contributed by atoms with E-state index in [0.29, 0.717) is 13.1 Å². The fourth-order valence-corrected chi connectivity index (χ4v) is 1.21. The van der Waals surface area contributed by atoms with Gasteiger partial charge in [-0.2, -0.15) is 0 Å². The maximum absolute atomic E-state index is 11.6. The van der Waals surface area contributed by atoms with Crippen molar-refractivity contribution < 1.29 is 9.59 Å². The fourth-order valence-electron chi connectivity index (χ4n) is 1.21. The molecule has 2 amide bonds.